The highest BCUT2D eigenvalue weighted by Gasteiger charge is 2.04. The summed E-state index contributed by atoms with van der Waals surface area (Å²) in [5.41, 5.74) is 5.41. The average molecular weight is 299 g/mol. The van der Waals surface area contributed by atoms with Gasteiger partial charge in [-0.3, -0.25) is 0 Å². The molecule has 2 heteroatoms. The summed E-state index contributed by atoms with van der Waals surface area (Å²) in [5.74, 6) is 0. The Kier molecular flexibility index (Phi) is 5.49. The molecule has 0 fully saturated rings. The summed E-state index contributed by atoms with van der Waals surface area (Å²) >= 11 is 1.85. The van der Waals surface area contributed by atoms with E-state index in [9.17, 15) is 0 Å². The van der Waals surface area contributed by atoms with E-state index in [0.717, 1.165) is 6.54 Å². The summed E-state index contributed by atoms with van der Waals surface area (Å²) in [6, 6.07) is 14.0. The van der Waals surface area contributed by atoms with E-state index in [2.05, 4.69) is 76.3 Å². The van der Waals surface area contributed by atoms with Crippen LogP contribution in [0.25, 0.3) is 0 Å². The largest absolute Gasteiger partial charge is 0.310 e. The summed E-state index contributed by atoms with van der Waals surface area (Å²) in [7, 11) is 0. The van der Waals surface area contributed by atoms with Gasteiger partial charge in [-0.1, -0.05) is 43.8 Å². The summed E-state index contributed by atoms with van der Waals surface area (Å²) in [6.45, 7) is 11.8. The van der Waals surface area contributed by atoms with Gasteiger partial charge in [-0.05, 0) is 61.2 Å². The van der Waals surface area contributed by atoms with E-state index in [1.54, 1.807) is 0 Å². The number of rotatable bonds is 5. The van der Waals surface area contributed by atoms with Crippen LogP contribution in [0.5, 0.6) is 0 Å². The first-order valence-electron chi connectivity index (χ1n) is 7.53. The van der Waals surface area contributed by atoms with Crippen molar-refractivity contribution < 1.29 is 0 Å². The highest BCUT2D eigenvalue weighted by atomic mass is 32.2. The lowest BCUT2D eigenvalue weighted by atomic mass is 10.1. The number of hydrogen-bond donors (Lipinski definition) is 1. The zero-order chi connectivity index (χ0) is 15.4. The molecular formula is C19H25NS. The lowest BCUT2D eigenvalue weighted by molar-refractivity contribution is 0.588. The van der Waals surface area contributed by atoms with Gasteiger partial charge in [0.2, 0.25) is 0 Å². The third kappa shape index (κ3) is 4.62. The van der Waals surface area contributed by atoms with Crippen molar-refractivity contribution in [1.82, 2.24) is 5.32 Å². The molecule has 21 heavy (non-hydrogen) atoms. The van der Waals surface area contributed by atoms with Crippen molar-refractivity contribution >= 4 is 11.8 Å². The Hall–Kier alpha value is -1.25. The van der Waals surface area contributed by atoms with Crippen LogP contribution in [-0.2, 0) is 6.54 Å². The molecule has 0 unspecified atom stereocenters. The Bertz CT molecular complexity index is 617. The van der Waals surface area contributed by atoms with Gasteiger partial charge in [-0.2, -0.15) is 0 Å². The van der Waals surface area contributed by atoms with E-state index in [4.69, 9.17) is 0 Å². The Morgan fingerprint density at radius 2 is 1.67 bits per heavy atom. The van der Waals surface area contributed by atoms with Crippen molar-refractivity contribution in [3.63, 3.8) is 0 Å². The van der Waals surface area contributed by atoms with Gasteiger partial charge < -0.3 is 5.32 Å². The van der Waals surface area contributed by atoms with E-state index in [1.165, 1.54) is 32.0 Å². The van der Waals surface area contributed by atoms with Crippen molar-refractivity contribution in [2.45, 2.75) is 57.0 Å². The average Bonchev–Trinajstić information content (AvgIpc) is 2.43. The van der Waals surface area contributed by atoms with Gasteiger partial charge in [0.15, 0.2) is 0 Å². The van der Waals surface area contributed by atoms with Crippen LogP contribution in [0.4, 0.5) is 0 Å². The molecular weight excluding hydrogens is 274 g/mol. The van der Waals surface area contributed by atoms with Gasteiger partial charge in [-0.25, -0.2) is 0 Å². The van der Waals surface area contributed by atoms with E-state index in [1.807, 2.05) is 11.8 Å². The summed E-state index contributed by atoms with van der Waals surface area (Å²) in [5, 5.41) is 3.47. The van der Waals surface area contributed by atoms with E-state index < -0.39 is 0 Å². The summed E-state index contributed by atoms with van der Waals surface area (Å²) in [6.07, 6.45) is 0. The van der Waals surface area contributed by atoms with E-state index in [0.29, 0.717) is 6.04 Å². The fourth-order valence-corrected chi connectivity index (χ4v) is 3.14. The molecule has 0 bridgehead atoms. The van der Waals surface area contributed by atoms with Crippen LogP contribution in [0.3, 0.4) is 0 Å². The minimum atomic E-state index is 0.523. The molecule has 0 amide bonds. The second-order valence-electron chi connectivity index (χ2n) is 5.98. The molecule has 0 saturated carbocycles. The standard InChI is InChI=1S/C19H25NS/c1-13(2)20-12-17-7-9-19(16(5)10-17)21-18-8-6-14(3)15(4)11-18/h6-11,13,20H,12H2,1-5H3. The molecule has 2 aromatic rings. The molecule has 0 aromatic heterocycles. The zero-order valence-electron chi connectivity index (χ0n) is 13.7. The molecule has 2 aromatic carbocycles. The molecule has 1 nitrogen and oxygen atoms in total. The lowest BCUT2D eigenvalue weighted by Crippen LogP contribution is -2.21. The second-order valence-corrected chi connectivity index (χ2v) is 7.10. The van der Waals surface area contributed by atoms with Gasteiger partial charge in [0.05, 0.1) is 0 Å². The van der Waals surface area contributed by atoms with Crippen molar-refractivity contribution in [2.75, 3.05) is 0 Å². The Morgan fingerprint density at radius 1 is 0.905 bits per heavy atom. The highest BCUT2D eigenvalue weighted by molar-refractivity contribution is 7.99. The molecule has 0 atom stereocenters. The number of nitrogens with one attached hydrogen (secondary N) is 1. The minimum Gasteiger partial charge on any atom is -0.310 e. The fraction of sp³-hybridized carbons (Fsp3) is 0.368. The first-order valence-corrected chi connectivity index (χ1v) is 8.35. The van der Waals surface area contributed by atoms with Gasteiger partial charge in [0.1, 0.15) is 0 Å². The third-order valence-electron chi connectivity index (χ3n) is 3.66. The van der Waals surface area contributed by atoms with Crippen molar-refractivity contribution in [2.24, 2.45) is 0 Å². The SMILES string of the molecule is Cc1ccc(Sc2ccc(CNC(C)C)cc2C)cc1C. The van der Waals surface area contributed by atoms with Crippen LogP contribution < -0.4 is 5.32 Å². The number of aryl methyl sites for hydroxylation is 3. The number of hydrogen-bond acceptors (Lipinski definition) is 2. The maximum Gasteiger partial charge on any atom is 0.0207 e. The molecule has 0 aliphatic heterocycles. The van der Waals surface area contributed by atoms with Crippen molar-refractivity contribution in [3.8, 4) is 0 Å². The fourth-order valence-electron chi connectivity index (χ4n) is 2.16. The molecule has 0 radical (unpaired) electrons. The van der Waals surface area contributed by atoms with Gasteiger partial charge in [-0.15, -0.1) is 0 Å². The first kappa shape index (κ1) is 16.1. The molecule has 2 rings (SSSR count). The van der Waals surface area contributed by atoms with E-state index in [-0.39, 0.29) is 0 Å². The smallest absolute Gasteiger partial charge is 0.0207 e. The highest BCUT2D eigenvalue weighted by Crippen LogP contribution is 2.31. The predicted octanol–water partition coefficient (Wildman–Crippen LogP) is 5.26. The van der Waals surface area contributed by atoms with Crippen LogP contribution in [-0.4, -0.2) is 6.04 Å². The summed E-state index contributed by atoms with van der Waals surface area (Å²) in [4.78, 5) is 2.65. The van der Waals surface area contributed by atoms with Crippen LogP contribution >= 0.6 is 11.8 Å². The molecule has 0 aliphatic rings. The topological polar surface area (TPSA) is 12.0 Å². The summed E-state index contributed by atoms with van der Waals surface area (Å²) < 4.78 is 0. The van der Waals surface area contributed by atoms with Gasteiger partial charge in [0, 0.05) is 22.4 Å². The second kappa shape index (κ2) is 7.15. The third-order valence-corrected chi connectivity index (χ3v) is 4.83. The van der Waals surface area contributed by atoms with Crippen LogP contribution in [0.15, 0.2) is 46.2 Å². The predicted molar refractivity (Wildman–Crippen MR) is 93.2 cm³/mol. The molecule has 1 N–H and O–H groups in total. The monoisotopic (exact) mass is 299 g/mol. The molecule has 0 saturated heterocycles. The van der Waals surface area contributed by atoms with Gasteiger partial charge >= 0.3 is 0 Å². The van der Waals surface area contributed by atoms with Crippen molar-refractivity contribution in [3.05, 3.63) is 58.7 Å². The normalized spacial score (nSPS) is 11.1. The molecule has 112 valence electrons. The van der Waals surface area contributed by atoms with Crippen LogP contribution in [0.2, 0.25) is 0 Å². The van der Waals surface area contributed by atoms with Crippen molar-refractivity contribution in [1.29, 1.82) is 0 Å². The minimum absolute atomic E-state index is 0.523. The van der Waals surface area contributed by atoms with Gasteiger partial charge in [0.25, 0.3) is 0 Å². The molecule has 0 aliphatic carbocycles. The Balaban J connectivity index is 2.11. The Labute approximate surface area is 133 Å². The molecule has 0 heterocycles. The molecule has 0 spiro atoms. The Morgan fingerprint density at radius 3 is 2.29 bits per heavy atom. The van der Waals surface area contributed by atoms with E-state index >= 15 is 0 Å². The maximum atomic E-state index is 3.47. The first-order chi connectivity index (χ1) is 9.95. The van der Waals surface area contributed by atoms with Crippen LogP contribution in [0, 0.1) is 20.8 Å². The lowest BCUT2D eigenvalue weighted by Gasteiger charge is -2.11. The zero-order valence-corrected chi connectivity index (χ0v) is 14.5. The maximum absolute atomic E-state index is 3.47. The quantitative estimate of drug-likeness (QED) is 0.808. The number of benzene rings is 2. The van der Waals surface area contributed by atoms with Crippen LogP contribution in [0.1, 0.15) is 36.1 Å².